The van der Waals surface area contributed by atoms with E-state index in [1.165, 1.54) is 11.3 Å². The molecular weight excluding hydrogens is 258 g/mol. The number of benzene rings is 1. The topological polar surface area (TPSA) is 40.5 Å². The summed E-state index contributed by atoms with van der Waals surface area (Å²) in [6, 6.07) is 11.8. The first kappa shape index (κ1) is 13.6. The molecule has 0 amide bonds. The van der Waals surface area contributed by atoms with Crippen LogP contribution in [0.5, 0.6) is 0 Å². The maximum absolute atomic E-state index is 11.4. The van der Waals surface area contributed by atoms with E-state index in [1.54, 1.807) is 0 Å². The highest BCUT2D eigenvalue weighted by atomic mass is 32.1. The summed E-state index contributed by atoms with van der Waals surface area (Å²) in [6.07, 6.45) is 0.531. The maximum Gasteiger partial charge on any atom is 0.312 e. The zero-order valence-electron chi connectivity index (χ0n) is 11.0. The third-order valence-electron chi connectivity index (χ3n) is 3.08. The standard InChI is InChI=1S/C15H17NO2S/c1-16(2)12-7-5-11(6-8-12)10-13(15(17)18)14-4-3-9-19-14/h3-9,13H,10H2,1-2H3,(H,17,18). The van der Waals surface area contributed by atoms with Crippen LogP contribution in [0, 0.1) is 0 Å². The fourth-order valence-corrected chi connectivity index (χ4v) is 2.78. The molecule has 19 heavy (non-hydrogen) atoms. The zero-order valence-corrected chi connectivity index (χ0v) is 11.9. The van der Waals surface area contributed by atoms with Crippen molar-refractivity contribution in [2.45, 2.75) is 12.3 Å². The van der Waals surface area contributed by atoms with Crippen molar-refractivity contribution in [3.05, 3.63) is 52.2 Å². The Hall–Kier alpha value is -1.81. The second kappa shape index (κ2) is 5.89. The molecule has 2 rings (SSSR count). The first-order valence-corrected chi connectivity index (χ1v) is 6.98. The Morgan fingerprint density at radius 3 is 2.42 bits per heavy atom. The lowest BCUT2D eigenvalue weighted by Crippen LogP contribution is -2.13. The minimum absolute atomic E-state index is 0.454. The molecule has 1 N–H and O–H groups in total. The van der Waals surface area contributed by atoms with Gasteiger partial charge in [-0.1, -0.05) is 18.2 Å². The number of carboxylic acid groups (broad SMARTS) is 1. The molecule has 1 atom stereocenters. The van der Waals surface area contributed by atoms with E-state index < -0.39 is 11.9 Å². The summed E-state index contributed by atoms with van der Waals surface area (Å²) >= 11 is 1.50. The second-order valence-corrected chi connectivity index (χ2v) is 5.65. The molecule has 2 aromatic rings. The van der Waals surface area contributed by atoms with Gasteiger partial charge in [-0.25, -0.2) is 0 Å². The van der Waals surface area contributed by atoms with Gasteiger partial charge in [0.05, 0.1) is 5.92 Å². The largest absolute Gasteiger partial charge is 0.481 e. The van der Waals surface area contributed by atoms with Gasteiger partial charge in [0.15, 0.2) is 0 Å². The predicted molar refractivity (Wildman–Crippen MR) is 79.2 cm³/mol. The van der Waals surface area contributed by atoms with Gasteiger partial charge >= 0.3 is 5.97 Å². The van der Waals surface area contributed by atoms with Crippen molar-refractivity contribution >= 4 is 23.0 Å². The van der Waals surface area contributed by atoms with E-state index in [0.29, 0.717) is 6.42 Å². The van der Waals surface area contributed by atoms with Crippen molar-refractivity contribution in [3.8, 4) is 0 Å². The van der Waals surface area contributed by atoms with Gasteiger partial charge in [-0.2, -0.15) is 0 Å². The number of carbonyl (C=O) groups is 1. The monoisotopic (exact) mass is 275 g/mol. The molecular formula is C15H17NO2S. The lowest BCUT2D eigenvalue weighted by molar-refractivity contribution is -0.138. The van der Waals surface area contributed by atoms with Gasteiger partial charge in [0.2, 0.25) is 0 Å². The molecule has 100 valence electrons. The Labute approximate surface area is 117 Å². The molecule has 0 aliphatic carbocycles. The van der Waals surface area contributed by atoms with Crippen LogP contribution in [0.25, 0.3) is 0 Å². The highest BCUT2D eigenvalue weighted by Gasteiger charge is 2.21. The molecule has 0 spiro atoms. The summed E-state index contributed by atoms with van der Waals surface area (Å²) in [5, 5.41) is 11.3. The van der Waals surface area contributed by atoms with Crippen LogP contribution in [0.1, 0.15) is 16.4 Å². The van der Waals surface area contributed by atoms with Gasteiger partial charge in [0.25, 0.3) is 0 Å². The summed E-state index contributed by atoms with van der Waals surface area (Å²) in [5.41, 5.74) is 2.16. The van der Waals surface area contributed by atoms with Gasteiger partial charge < -0.3 is 10.0 Å². The van der Waals surface area contributed by atoms with Gasteiger partial charge in [-0.15, -0.1) is 11.3 Å². The average Bonchev–Trinajstić information content (AvgIpc) is 2.89. The molecule has 1 aromatic heterocycles. The van der Waals surface area contributed by atoms with Gasteiger partial charge in [0.1, 0.15) is 0 Å². The minimum atomic E-state index is -0.765. The SMILES string of the molecule is CN(C)c1ccc(CC(C(=O)O)c2cccs2)cc1. The number of nitrogens with zero attached hydrogens (tertiary/aromatic N) is 1. The molecule has 0 aliphatic rings. The Balaban J connectivity index is 2.16. The molecule has 1 unspecified atom stereocenters. The van der Waals surface area contributed by atoms with Crippen LogP contribution >= 0.6 is 11.3 Å². The zero-order chi connectivity index (χ0) is 13.8. The number of thiophene rings is 1. The molecule has 0 bridgehead atoms. The van der Waals surface area contributed by atoms with E-state index in [9.17, 15) is 9.90 Å². The van der Waals surface area contributed by atoms with E-state index in [1.807, 2.05) is 60.8 Å². The molecule has 1 aromatic carbocycles. The number of anilines is 1. The van der Waals surface area contributed by atoms with Crippen LogP contribution in [-0.2, 0) is 11.2 Å². The fourth-order valence-electron chi connectivity index (χ4n) is 1.97. The van der Waals surface area contributed by atoms with E-state index in [4.69, 9.17) is 0 Å². The maximum atomic E-state index is 11.4. The average molecular weight is 275 g/mol. The van der Waals surface area contributed by atoms with E-state index >= 15 is 0 Å². The molecule has 3 nitrogen and oxygen atoms in total. The quantitative estimate of drug-likeness (QED) is 0.910. The highest BCUT2D eigenvalue weighted by molar-refractivity contribution is 7.10. The Kier molecular flexibility index (Phi) is 4.22. The van der Waals surface area contributed by atoms with E-state index in [2.05, 4.69) is 0 Å². The number of hydrogen-bond acceptors (Lipinski definition) is 3. The molecule has 4 heteroatoms. The van der Waals surface area contributed by atoms with Crippen molar-refractivity contribution in [1.82, 2.24) is 0 Å². The predicted octanol–water partition coefficient (Wildman–Crippen LogP) is 3.23. The van der Waals surface area contributed by atoms with Gasteiger partial charge in [0, 0.05) is 24.7 Å². The Morgan fingerprint density at radius 1 is 1.26 bits per heavy atom. The van der Waals surface area contributed by atoms with Crippen molar-refractivity contribution < 1.29 is 9.90 Å². The summed E-state index contributed by atoms with van der Waals surface area (Å²) in [6.45, 7) is 0. The van der Waals surface area contributed by atoms with Crippen molar-refractivity contribution in [2.24, 2.45) is 0 Å². The Bertz CT molecular complexity index is 532. The van der Waals surface area contributed by atoms with Crippen LogP contribution in [0.4, 0.5) is 5.69 Å². The van der Waals surface area contributed by atoms with E-state index in [-0.39, 0.29) is 0 Å². The van der Waals surface area contributed by atoms with Crippen LogP contribution in [0.3, 0.4) is 0 Å². The van der Waals surface area contributed by atoms with Crippen LogP contribution in [0.15, 0.2) is 41.8 Å². The van der Waals surface area contributed by atoms with Gasteiger partial charge in [-0.05, 0) is 35.6 Å². The van der Waals surface area contributed by atoms with Crippen molar-refractivity contribution in [2.75, 3.05) is 19.0 Å². The normalized spacial score (nSPS) is 12.1. The smallest absolute Gasteiger partial charge is 0.312 e. The first-order valence-electron chi connectivity index (χ1n) is 6.10. The number of hydrogen-bond donors (Lipinski definition) is 1. The highest BCUT2D eigenvalue weighted by Crippen LogP contribution is 2.26. The summed E-state index contributed by atoms with van der Waals surface area (Å²) < 4.78 is 0. The molecule has 0 radical (unpaired) electrons. The molecule has 1 heterocycles. The molecule has 0 aliphatic heterocycles. The number of aliphatic carboxylic acids is 1. The van der Waals surface area contributed by atoms with E-state index in [0.717, 1.165) is 16.1 Å². The first-order chi connectivity index (χ1) is 9.08. The van der Waals surface area contributed by atoms with Crippen molar-refractivity contribution in [3.63, 3.8) is 0 Å². The summed E-state index contributed by atoms with van der Waals surface area (Å²) in [4.78, 5) is 14.3. The molecule has 0 saturated carbocycles. The lowest BCUT2D eigenvalue weighted by Gasteiger charge is -2.14. The Morgan fingerprint density at radius 2 is 1.95 bits per heavy atom. The van der Waals surface area contributed by atoms with Crippen molar-refractivity contribution in [1.29, 1.82) is 0 Å². The third kappa shape index (κ3) is 3.35. The molecule has 0 fully saturated rings. The molecule has 0 saturated heterocycles. The van der Waals surface area contributed by atoms with Crippen LogP contribution < -0.4 is 4.90 Å². The fraction of sp³-hybridized carbons (Fsp3) is 0.267. The van der Waals surface area contributed by atoms with Gasteiger partial charge in [-0.3, -0.25) is 4.79 Å². The lowest BCUT2D eigenvalue weighted by atomic mass is 9.98. The number of rotatable bonds is 5. The summed E-state index contributed by atoms with van der Waals surface area (Å²) in [5.74, 6) is -1.22. The second-order valence-electron chi connectivity index (χ2n) is 4.67. The van der Waals surface area contributed by atoms with Crippen LogP contribution in [0.2, 0.25) is 0 Å². The third-order valence-corrected chi connectivity index (χ3v) is 4.06. The number of carboxylic acids is 1. The summed E-state index contributed by atoms with van der Waals surface area (Å²) in [7, 11) is 3.97. The van der Waals surface area contributed by atoms with Crippen LogP contribution in [-0.4, -0.2) is 25.2 Å². The minimum Gasteiger partial charge on any atom is -0.481 e.